The van der Waals surface area contributed by atoms with E-state index in [2.05, 4.69) is 43.5 Å². The van der Waals surface area contributed by atoms with E-state index in [1.807, 2.05) is 6.08 Å². The minimum absolute atomic E-state index is 0.0357. The summed E-state index contributed by atoms with van der Waals surface area (Å²) in [5.74, 6) is -0.130. The number of hydrogen-bond donors (Lipinski definition) is 3. The molecule has 0 bridgehead atoms. The fourth-order valence-electron chi connectivity index (χ4n) is 9.57. The molecule has 2 atom stereocenters. The van der Waals surface area contributed by atoms with Crippen molar-refractivity contribution in [2.24, 2.45) is 0 Å². The molecule has 0 fully saturated rings. The average Bonchev–Trinajstić information content (AvgIpc) is 3.36. The van der Waals surface area contributed by atoms with Crippen LogP contribution in [0.1, 0.15) is 335 Å². The summed E-state index contributed by atoms with van der Waals surface area (Å²) < 4.78 is 5.45. The third kappa shape index (κ3) is 55.4. The first-order valence-electron chi connectivity index (χ1n) is 31.3. The molecule has 0 saturated heterocycles. The zero-order valence-corrected chi connectivity index (χ0v) is 47.0. The number of hydrogen-bond acceptors (Lipinski definition) is 5. The van der Waals surface area contributed by atoms with E-state index >= 15 is 0 Å². The molecule has 0 aromatic rings. The van der Waals surface area contributed by atoms with Crippen molar-refractivity contribution in [2.45, 2.75) is 347 Å². The second-order valence-corrected chi connectivity index (χ2v) is 21.4. The molecule has 6 nitrogen and oxygen atoms in total. The van der Waals surface area contributed by atoms with E-state index in [1.165, 1.54) is 225 Å². The van der Waals surface area contributed by atoms with E-state index in [0.29, 0.717) is 19.4 Å². The molecular formula is C64H121NO5. The van der Waals surface area contributed by atoms with Gasteiger partial charge in [0.1, 0.15) is 0 Å². The van der Waals surface area contributed by atoms with Crippen LogP contribution in [0.3, 0.4) is 0 Å². The van der Waals surface area contributed by atoms with Crippen LogP contribution >= 0.6 is 0 Å². The Kier molecular flexibility index (Phi) is 58.0. The maximum Gasteiger partial charge on any atom is 0.305 e. The average molecular weight is 985 g/mol. The van der Waals surface area contributed by atoms with Crippen LogP contribution in [-0.4, -0.2) is 47.4 Å². The number of rotatable bonds is 58. The first kappa shape index (κ1) is 68.1. The highest BCUT2D eigenvalue weighted by Crippen LogP contribution is 2.17. The van der Waals surface area contributed by atoms with Crippen molar-refractivity contribution in [1.29, 1.82) is 0 Å². The highest BCUT2D eigenvalue weighted by Gasteiger charge is 2.18. The van der Waals surface area contributed by atoms with Crippen LogP contribution in [0.5, 0.6) is 0 Å². The quantitative estimate of drug-likeness (QED) is 0.0321. The molecule has 1 amide bonds. The number of ether oxygens (including phenoxy) is 1. The highest BCUT2D eigenvalue weighted by molar-refractivity contribution is 5.76. The topological polar surface area (TPSA) is 95.9 Å². The lowest BCUT2D eigenvalue weighted by molar-refractivity contribution is -0.143. The second-order valence-electron chi connectivity index (χ2n) is 21.4. The zero-order valence-electron chi connectivity index (χ0n) is 47.0. The predicted molar refractivity (Wildman–Crippen MR) is 306 cm³/mol. The Morgan fingerprint density at radius 2 is 0.671 bits per heavy atom. The maximum atomic E-state index is 12.5. The lowest BCUT2D eigenvalue weighted by atomic mass is 10.0. The fourth-order valence-corrected chi connectivity index (χ4v) is 9.57. The lowest BCUT2D eigenvalue weighted by Gasteiger charge is -2.20. The molecule has 0 saturated carbocycles. The zero-order chi connectivity index (χ0) is 50.7. The Labute approximate surface area is 436 Å². The van der Waals surface area contributed by atoms with E-state index < -0.39 is 12.1 Å². The lowest BCUT2D eigenvalue weighted by Crippen LogP contribution is -2.45. The van der Waals surface area contributed by atoms with E-state index in [0.717, 1.165) is 83.5 Å². The SMILES string of the molecule is CCCCCCCC/C=C\CCCCCCCCCC(=O)OCCCC/C=C\CCCCCCCC(=O)NC(CO)C(O)/C=C/CCCCCCCCCCCCCCCCCCCCCCCCC. The van der Waals surface area contributed by atoms with Crippen LogP contribution in [0.2, 0.25) is 0 Å². The van der Waals surface area contributed by atoms with Crippen LogP contribution in [0.15, 0.2) is 36.5 Å². The molecule has 0 aromatic carbocycles. The summed E-state index contributed by atoms with van der Waals surface area (Å²) in [6.07, 6.45) is 74.7. The van der Waals surface area contributed by atoms with Crippen LogP contribution in [-0.2, 0) is 14.3 Å². The Morgan fingerprint density at radius 1 is 0.386 bits per heavy atom. The van der Waals surface area contributed by atoms with Gasteiger partial charge in [-0.2, -0.15) is 0 Å². The van der Waals surface area contributed by atoms with Gasteiger partial charge in [0.05, 0.1) is 25.4 Å². The summed E-state index contributed by atoms with van der Waals surface area (Å²) in [7, 11) is 0. The van der Waals surface area contributed by atoms with Crippen LogP contribution < -0.4 is 5.32 Å². The smallest absolute Gasteiger partial charge is 0.305 e. The third-order valence-corrected chi connectivity index (χ3v) is 14.4. The molecule has 2 unspecified atom stereocenters. The maximum absolute atomic E-state index is 12.5. The van der Waals surface area contributed by atoms with Gasteiger partial charge in [0, 0.05) is 12.8 Å². The molecule has 0 radical (unpaired) electrons. The van der Waals surface area contributed by atoms with Gasteiger partial charge in [0.15, 0.2) is 0 Å². The minimum atomic E-state index is -0.865. The van der Waals surface area contributed by atoms with Crippen molar-refractivity contribution in [1.82, 2.24) is 5.32 Å². The molecule has 0 aliphatic rings. The number of aliphatic hydroxyl groups excluding tert-OH is 2. The first-order valence-corrected chi connectivity index (χ1v) is 31.3. The highest BCUT2D eigenvalue weighted by atomic mass is 16.5. The summed E-state index contributed by atoms with van der Waals surface area (Å²) in [6, 6.07) is -0.651. The summed E-state index contributed by atoms with van der Waals surface area (Å²) in [4.78, 5) is 24.6. The summed E-state index contributed by atoms with van der Waals surface area (Å²) in [6.45, 7) is 4.84. The van der Waals surface area contributed by atoms with Crippen LogP contribution in [0, 0.1) is 0 Å². The van der Waals surface area contributed by atoms with Crippen molar-refractivity contribution in [3.8, 4) is 0 Å². The van der Waals surface area contributed by atoms with Gasteiger partial charge in [-0.15, -0.1) is 0 Å². The summed E-state index contributed by atoms with van der Waals surface area (Å²) in [5, 5.41) is 23.2. The van der Waals surface area contributed by atoms with E-state index in [-0.39, 0.29) is 18.5 Å². The third-order valence-electron chi connectivity index (χ3n) is 14.4. The first-order chi connectivity index (χ1) is 34.5. The number of carbonyl (C=O) groups excluding carboxylic acids is 2. The number of amides is 1. The monoisotopic (exact) mass is 984 g/mol. The fraction of sp³-hybridized carbons (Fsp3) is 0.875. The number of aliphatic hydroxyl groups is 2. The van der Waals surface area contributed by atoms with Gasteiger partial charge in [-0.1, -0.05) is 275 Å². The van der Waals surface area contributed by atoms with Crippen molar-refractivity contribution >= 4 is 11.9 Å². The Morgan fingerprint density at radius 3 is 1.01 bits per heavy atom. The molecule has 70 heavy (non-hydrogen) atoms. The minimum Gasteiger partial charge on any atom is -0.466 e. The number of nitrogens with one attached hydrogen (secondary N) is 1. The molecule has 0 aliphatic heterocycles. The van der Waals surface area contributed by atoms with Gasteiger partial charge in [-0.3, -0.25) is 9.59 Å². The van der Waals surface area contributed by atoms with Crippen LogP contribution in [0.4, 0.5) is 0 Å². The Bertz CT molecular complexity index is 1130. The van der Waals surface area contributed by atoms with Crippen LogP contribution in [0.25, 0.3) is 0 Å². The van der Waals surface area contributed by atoms with Crippen molar-refractivity contribution < 1.29 is 24.5 Å². The van der Waals surface area contributed by atoms with Gasteiger partial charge in [-0.25, -0.2) is 0 Å². The van der Waals surface area contributed by atoms with E-state index in [1.54, 1.807) is 6.08 Å². The molecule has 412 valence electrons. The number of esters is 1. The standard InChI is InChI=1S/C64H121NO5/c1-3-5-7-9-11-13-15-17-19-21-22-23-24-25-26-27-28-30-31-33-36-40-44-48-52-56-62(67)61(60-66)65-63(68)57-53-49-45-41-37-35-39-43-47-51-55-59-70-64(69)58-54-50-46-42-38-34-32-29-20-18-16-14-12-10-8-6-4-2/h18,20,39,43,52,56,61-62,66-67H,3-17,19,21-38,40-42,44-51,53-55,57-60H2,1-2H3,(H,65,68)/b20-18-,43-39-,56-52+. The number of carbonyl (C=O) groups is 2. The molecule has 3 N–H and O–H groups in total. The molecule has 0 spiro atoms. The van der Waals surface area contributed by atoms with Crippen molar-refractivity contribution in [3.05, 3.63) is 36.5 Å². The van der Waals surface area contributed by atoms with Gasteiger partial charge >= 0.3 is 5.97 Å². The molecule has 0 rings (SSSR count). The normalized spacial score (nSPS) is 12.8. The van der Waals surface area contributed by atoms with Gasteiger partial charge in [-0.05, 0) is 83.5 Å². The van der Waals surface area contributed by atoms with Gasteiger partial charge < -0.3 is 20.3 Å². The number of unbranched alkanes of at least 4 members (excludes halogenated alkanes) is 43. The number of allylic oxidation sites excluding steroid dienone is 5. The largest absolute Gasteiger partial charge is 0.466 e. The second kappa shape index (κ2) is 59.6. The van der Waals surface area contributed by atoms with Gasteiger partial charge in [0.25, 0.3) is 0 Å². The van der Waals surface area contributed by atoms with Crippen molar-refractivity contribution in [2.75, 3.05) is 13.2 Å². The Balaban J connectivity index is 3.52. The Hall–Kier alpha value is -1.92. The molecule has 0 aromatic heterocycles. The summed E-state index contributed by atoms with van der Waals surface area (Å²) >= 11 is 0. The van der Waals surface area contributed by atoms with E-state index in [4.69, 9.17) is 4.74 Å². The molecule has 0 aliphatic carbocycles. The van der Waals surface area contributed by atoms with Crippen molar-refractivity contribution in [3.63, 3.8) is 0 Å². The molecular weight excluding hydrogens is 863 g/mol. The van der Waals surface area contributed by atoms with Gasteiger partial charge in [0.2, 0.25) is 5.91 Å². The molecule has 6 heteroatoms. The predicted octanol–water partition coefficient (Wildman–Crippen LogP) is 19.6. The van der Waals surface area contributed by atoms with E-state index in [9.17, 15) is 19.8 Å². The molecule has 0 heterocycles. The summed E-state index contributed by atoms with van der Waals surface area (Å²) in [5.41, 5.74) is 0.